The number of nitrogens with zero attached hydrogens (tertiary/aromatic N) is 1. The molecule has 0 bridgehead atoms. The van der Waals surface area contributed by atoms with Crippen molar-refractivity contribution < 1.29 is 0 Å². The largest absolute Gasteiger partial charge is 0.312 e. The molecule has 0 aromatic heterocycles. The summed E-state index contributed by atoms with van der Waals surface area (Å²) >= 11 is 0. The van der Waals surface area contributed by atoms with Gasteiger partial charge in [-0.05, 0) is 38.0 Å². The molecule has 16 heavy (non-hydrogen) atoms. The minimum atomic E-state index is 0.601. The molecule has 2 aliphatic carbocycles. The van der Waals surface area contributed by atoms with Gasteiger partial charge in [-0.25, -0.2) is 5.84 Å². The molecule has 3 unspecified atom stereocenters. The summed E-state index contributed by atoms with van der Waals surface area (Å²) in [5.74, 6) is 9.18. The maximum absolute atomic E-state index is 5.58. The Hall–Kier alpha value is -0.570. The SMILES string of the molecule is CCN=C(NN)C1CCC2CCCCC2C1. The van der Waals surface area contributed by atoms with Crippen LogP contribution in [-0.4, -0.2) is 12.4 Å². The van der Waals surface area contributed by atoms with Gasteiger partial charge in [-0.3, -0.25) is 4.99 Å². The number of hydrogen-bond donors (Lipinski definition) is 2. The molecular formula is C13H25N3. The molecule has 0 radical (unpaired) electrons. The van der Waals surface area contributed by atoms with Crippen molar-refractivity contribution in [3.63, 3.8) is 0 Å². The molecule has 2 rings (SSSR count). The Kier molecular flexibility index (Phi) is 4.22. The van der Waals surface area contributed by atoms with E-state index < -0.39 is 0 Å². The van der Waals surface area contributed by atoms with Crippen LogP contribution in [0.4, 0.5) is 0 Å². The smallest absolute Gasteiger partial charge is 0.113 e. The van der Waals surface area contributed by atoms with Crippen molar-refractivity contribution in [1.29, 1.82) is 0 Å². The third kappa shape index (κ3) is 2.57. The summed E-state index contributed by atoms with van der Waals surface area (Å²) in [5.41, 5.74) is 2.82. The number of amidine groups is 1. The molecule has 92 valence electrons. The van der Waals surface area contributed by atoms with Crippen LogP contribution in [0.15, 0.2) is 4.99 Å². The highest BCUT2D eigenvalue weighted by atomic mass is 15.3. The van der Waals surface area contributed by atoms with Gasteiger partial charge in [0.1, 0.15) is 5.84 Å². The Morgan fingerprint density at radius 2 is 1.94 bits per heavy atom. The predicted octanol–water partition coefficient (Wildman–Crippen LogP) is 2.47. The highest BCUT2D eigenvalue weighted by Gasteiger charge is 2.33. The van der Waals surface area contributed by atoms with Crippen LogP contribution in [0.5, 0.6) is 0 Å². The van der Waals surface area contributed by atoms with Gasteiger partial charge in [0.15, 0.2) is 0 Å². The van der Waals surface area contributed by atoms with E-state index in [1.807, 2.05) is 0 Å². The van der Waals surface area contributed by atoms with Gasteiger partial charge in [0, 0.05) is 12.5 Å². The van der Waals surface area contributed by atoms with Gasteiger partial charge in [0.2, 0.25) is 0 Å². The van der Waals surface area contributed by atoms with E-state index in [1.54, 1.807) is 0 Å². The highest BCUT2D eigenvalue weighted by molar-refractivity contribution is 5.84. The summed E-state index contributed by atoms with van der Waals surface area (Å²) in [6.45, 7) is 2.91. The highest BCUT2D eigenvalue weighted by Crippen LogP contribution is 2.42. The van der Waals surface area contributed by atoms with Crippen LogP contribution in [0.1, 0.15) is 51.9 Å². The summed E-state index contributed by atoms with van der Waals surface area (Å²) < 4.78 is 0. The lowest BCUT2D eigenvalue weighted by molar-refractivity contribution is 0.151. The number of rotatable bonds is 2. The molecule has 0 heterocycles. The number of nitrogens with one attached hydrogen (secondary N) is 1. The zero-order chi connectivity index (χ0) is 11.4. The zero-order valence-electron chi connectivity index (χ0n) is 10.4. The average molecular weight is 223 g/mol. The summed E-state index contributed by atoms with van der Waals surface area (Å²) in [6, 6.07) is 0. The van der Waals surface area contributed by atoms with Crippen molar-refractivity contribution in [2.75, 3.05) is 6.54 Å². The zero-order valence-corrected chi connectivity index (χ0v) is 10.4. The Balaban J connectivity index is 1.96. The van der Waals surface area contributed by atoms with E-state index in [2.05, 4.69) is 17.3 Å². The topological polar surface area (TPSA) is 50.4 Å². The second-order valence-corrected chi connectivity index (χ2v) is 5.32. The van der Waals surface area contributed by atoms with Crippen molar-refractivity contribution in [3.8, 4) is 0 Å². The first kappa shape index (κ1) is 11.9. The molecule has 0 saturated heterocycles. The van der Waals surface area contributed by atoms with Crippen molar-refractivity contribution >= 4 is 5.84 Å². The van der Waals surface area contributed by atoms with Gasteiger partial charge < -0.3 is 5.43 Å². The predicted molar refractivity (Wildman–Crippen MR) is 68.1 cm³/mol. The fourth-order valence-electron chi connectivity index (χ4n) is 3.58. The van der Waals surface area contributed by atoms with Crippen molar-refractivity contribution in [2.24, 2.45) is 28.6 Å². The molecule has 3 nitrogen and oxygen atoms in total. The standard InChI is InChI=1S/C13H25N3/c1-2-15-13(16-14)12-8-7-10-5-3-4-6-11(10)9-12/h10-12H,2-9,14H2,1H3,(H,15,16). The molecule has 0 amide bonds. The van der Waals surface area contributed by atoms with Crippen molar-refractivity contribution in [1.82, 2.24) is 5.43 Å². The first-order chi connectivity index (χ1) is 7.85. The minimum absolute atomic E-state index is 0.601. The Labute approximate surface area is 98.9 Å². The molecule has 3 heteroatoms. The van der Waals surface area contributed by atoms with Crippen LogP contribution in [0.3, 0.4) is 0 Å². The first-order valence-corrected chi connectivity index (χ1v) is 6.86. The maximum atomic E-state index is 5.58. The monoisotopic (exact) mass is 223 g/mol. The number of nitrogens with two attached hydrogens (primary N) is 1. The van der Waals surface area contributed by atoms with Crippen LogP contribution >= 0.6 is 0 Å². The van der Waals surface area contributed by atoms with Gasteiger partial charge >= 0.3 is 0 Å². The molecule has 0 spiro atoms. The molecule has 2 aliphatic rings. The number of hydrazine groups is 1. The van der Waals surface area contributed by atoms with E-state index >= 15 is 0 Å². The van der Waals surface area contributed by atoms with E-state index in [4.69, 9.17) is 5.84 Å². The van der Waals surface area contributed by atoms with Gasteiger partial charge in [0.05, 0.1) is 0 Å². The molecule has 0 aliphatic heterocycles. The average Bonchev–Trinajstić information content (AvgIpc) is 2.35. The molecule has 0 aromatic rings. The summed E-state index contributed by atoms with van der Waals surface area (Å²) in [4.78, 5) is 4.48. The fraction of sp³-hybridized carbons (Fsp3) is 0.923. The summed E-state index contributed by atoms with van der Waals surface area (Å²) in [7, 11) is 0. The van der Waals surface area contributed by atoms with Gasteiger partial charge in [-0.1, -0.05) is 25.7 Å². The van der Waals surface area contributed by atoms with E-state index in [0.717, 1.165) is 24.2 Å². The molecule has 0 aromatic carbocycles. The number of aliphatic imine (C=N–C) groups is 1. The normalized spacial score (nSPS) is 35.6. The molecule has 2 fully saturated rings. The van der Waals surface area contributed by atoms with Crippen LogP contribution in [0.2, 0.25) is 0 Å². The molecule has 2 saturated carbocycles. The number of fused-ring (bicyclic) bond motifs is 1. The Morgan fingerprint density at radius 3 is 2.62 bits per heavy atom. The lowest BCUT2D eigenvalue weighted by Crippen LogP contribution is -2.40. The van der Waals surface area contributed by atoms with Crippen LogP contribution < -0.4 is 11.3 Å². The van der Waals surface area contributed by atoms with Crippen LogP contribution in [0.25, 0.3) is 0 Å². The molecule has 3 N–H and O–H groups in total. The lowest BCUT2D eigenvalue weighted by Gasteiger charge is -2.39. The maximum Gasteiger partial charge on any atom is 0.113 e. The summed E-state index contributed by atoms with van der Waals surface area (Å²) in [5, 5.41) is 0. The fourth-order valence-corrected chi connectivity index (χ4v) is 3.58. The first-order valence-electron chi connectivity index (χ1n) is 6.86. The van der Waals surface area contributed by atoms with E-state index in [-0.39, 0.29) is 0 Å². The number of hydrogen-bond acceptors (Lipinski definition) is 2. The lowest BCUT2D eigenvalue weighted by atomic mass is 9.67. The van der Waals surface area contributed by atoms with Crippen molar-refractivity contribution in [2.45, 2.75) is 51.9 Å². The van der Waals surface area contributed by atoms with E-state index in [9.17, 15) is 0 Å². The second kappa shape index (κ2) is 5.67. The minimum Gasteiger partial charge on any atom is -0.312 e. The second-order valence-electron chi connectivity index (χ2n) is 5.32. The Morgan fingerprint density at radius 1 is 1.19 bits per heavy atom. The van der Waals surface area contributed by atoms with Crippen LogP contribution in [0, 0.1) is 17.8 Å². The van der Waals surface area contributed by atoms with Crippen molar-refractivity contribution in [3.05, 3.63) is 0 Å². The van der Waals surface area contributed by atoms with E-state index in [1.165, 1.54) is 44.9 Å². The third-order valence-electron chi connectivity index (χ3n) is 4.40. The molecule has 3 atom stereocenters. The summed E-state index contributed by atoms with van der Waals surface area (Å²) in [6.07, 6.45) is 9.78. The van der Waals surface area contributed by atoms with Gasteiger partial charge in [-0.15, -0.1) is 0 Å². The third-order valence-corrected chi connectivity index (χ3v) is 4.40. The molecular weight excluding hydrogens is 198 g/mol. The van der Waals surface area contributed by atoms with Gasteiger partial charge in [-0.2, -0.15) is 0 Å². The van der Waals surface area contributed by atoms with E-state index in [0.29, 0.717) is 5.92 Å². The quantitative estimate of drug-likeness (QED) is 0.327. The van der Waals surface area contributed by atoms with Crippen LogP contribution in [-0.2, 0) is 0 Å². The Bertz CT molecular complexity index is 250. The van der Waals surface area contributed by atoms with Gasteiger partial charge in [0.25, 0.3) is 0 Å².